The summed E-state index contributed by atoms with van der Waals surface area (Å²) in [5.74, 6) is 0.169. The summed E-state index contributed by atoms with van der Waals surface area (Å²) in [5, 5.41) is 6.06. The van der Waals surface area contributed by atoms with Crippen LogP contribution in [0.4, 0.5) is 4.79 Å². The van der Waals surface area contributed by atoms with Crippen molar-refractivity contribution in [2.24, 2.45) is 5.92 Å². The molecule has 0 bridgehead atoms. The average molecular weight is 415 g/mol. The molecule has 148 valence electrons. The lowest BCUT2D eigenvalue weighted by atomic mass is 9.93. The van der Waals surface area contributed by atoms with Crippen LogP contribution in [0.5, 0.6) is 5.75 Å². The van der Waals surface area contributed by atoms with Gasteiger partial charge in [-0.05, 0) is 30.0 Å². The van der Waals surface area contributed by atoms with E-state index in [0.29, 0.717) is 51.6 Å². The van der Waals surface area contributed by atoms with Gasteiger partial charge in [0.05, 0.1) is 35.4 Å². The van der Waals surface area contributed by atoms with Gasteiger partial charge in [0.15, 0.2) is 5.75 Å². The van der Waals surface area contributed by atoms with Gasteiger partial charge in [0, 0.05) is 5.70 Å². The van der Waals surface area contributed by atoms with Crippen LogP contribution in [0.25, 0.3) is 0 Å². The van der Waals surface area contributed by atoms with Gasteiger partial charge in [-0.2, -0.15) is 0 Å². The molecule has 0 radical (unpaired) electrons. The number of amides is 2. The Kier molecular flexibility index (Phi) is 7.39. The van der Waals surface area contributed by atoms with Crippen molar-refractivity contribution in [2.75, 3.05) is 13.7 Å². The minimum Gasteiger partial charge on any atom is -0.490 e. The number of rotatable bonds is 7. The Morgan fingerprint density at radius 2 is 1.89 bits per heavy atom. The fourth-order valence-electron chi connectivity index (χ4n) is 2.80. The fourth-order valence-corrected chi connectivity index (χ4v) is 3.41. The molecule has 1 aliphatic heterocycles. The molecule has 0 fully saturated rings. The molecule has 1 heterocycles. The summed E-state index contributed by atoms with van der Waals surface area (Å²) < 4.78 is 10.6. The summed E-state index contributed by atoms with van der Waals surface area (Å²) in [7, 11) is 1.30. The Balaban J connectivity index is 2.48. The van der Waals surface area contributed by atoms with Gasteiger partial charge in [0.25, 0.3) is 0 Å². The van der Waals surface area contributed by atoms with Crippen LogP contribution in [-0.4, -0.2) is 25.7 Å². The summed E-state index contributed by atoms with van der Waals surface area (Å²) in [6, 6.07) is 2.17. The highest BCUT2D eigenvalue weighted by molar-refractivity contribution is 6.37. The number of esters is 1. The first-order valence-corrected chi connectivity index (χ1v) is 9.54. The molecule has 0 spiro atoms. The van der Waals surface area contributed by atoms with Crippen LogP contribution in [0.3, 0.4) is 0 Å². The predicted molar refractivity (Wildman–Crippen MR) is 105 cm³/mol. The highest BCUT2D eigenvalue weighted by Gasteiger charge is 2.33. The van der Waals surface area contributed by atoms with E-state index in [1.807, 2.05) is 20.8 Å². The molecule has 0 saturated carbocycles. The van der Waals surface area contributed by atoms with Gasteiger partial charge in [-0.1, -0.05) is 50.4 Å². The number of urea groups is 1. The van der Waals surface area contributed by atoms with Crippen molar-refractivity contribution in [3.63, 3.8) is 0 Å². The first-order valence-electron chi connectivity index (χ1n) is 8.79. The predicted octanol–water partition coefficient (Wildman–Crippen LogP) is 4.61. The number of ether oxygens (including phenoxy) is 2. The lowest BCUT2D eigenvalue weighted by Gasteiger charge is -2.29. The second-order valence-corrected chi connectivity index (χ2v) is 7.50. The summed E-state index contributed by atoms with van der Waals surface area (Å²) in [6.07, 6.45) is 1.29. The molecule has 2 amide bonds. The number of hydrogen-bond acceptors (Lipinski definition) is 4. The Morgan fingerprint density at radius 3 is 2.41 bits per heavy atom. The monoisotopic (exact) mass is 414 g/mol. The first-order chi connectivity index (χ1) is 12.8. The van der Waals surface area contributed by atoms with E-state index in [1.54, 1.807) is 12.1 Å². The van der Waals surface area contributed by atoms with Crippen LogP contribution in [0.2, 0.25) is 10.0 Å². The summed E-state index contributed by atoms with van der Waals surface area (Å²) >= 11 is 12.7. The minimum absolute atomic E-state index is 0.311. The lowest BCUT2D eigenvalue weighted by Crippen LogP contribution is -2.45. The van der Waals surface area contributed by atoms with E-state index in [2.05, 4.69) is 10.6 Å². The van der Waals surface area contributed by atoms with Gasteiger partial charge >= 0.3 is 12.0 Å². The summed E-state index contributed by atoms with van der Waals surface area (Å²) in [5.41, 5.74) is 1.44. The SMILES string of the molecule is CCCC1=C(C(=O)OC)C(c2cc(Cl)c(OCC(C)C)c(Cl)c2)NC(=O)N1. The molecule has 2 N–H and O–H groups in total. The van der Waals surface area contributed by atoms with E-state index in [9.17, 15) is 9.59 Å². The highest BCUT2D eigenvalue weighted by Crippen LogP contribution is 2.39. The smallest absolute Gasteiger partial charge is 0.337 e. The van der Waals surface area contributed by atoms with Gasteiger partial charge in [0.1, 0.15) is 0 Å². The second kappa shape index (κ2) is 9.33. The zero-order valence-corrected chi connectivity index (χ0v) is 17.3. The molecule has 1 unspecified atom stereocenters. The second-order valence-electron chi connectivity index (χ2n) is 6.68. The van der Waals surface area contributed by atoms with Gasteiger partial charge in [-0.3, -0.25) is 0 Å². The number of hydrogen-bond donors (Lipinski definition) is 2. The molecule has 1 aliphatic rings. The van der Waals surface area contributed by atoms with Gasteiger partial charge in [-0.15, -0.1) is 0 Å². The fraction of sp³-hybridized carbons (Fsp3) is 0.474. The summed E-state index contributed by atoms with van der Waals surface area (Å²) in [6.45, 7) is 6.46. The molecule has 0 aliphatic carbocycles. The number of allylic oxidation sites excluding steroid dienone is 1. The molecule has 1 aromatic carbocycles. The van der Waals surface area contributed by atoms with Crippen LogP contribution < -0.4 is 15.4 Å². The van der Waals surface area contributed by atoms with Gasteiger partial charge in [-0.25, -0.2) is 9.59 Å². The number of carbonyl (C=O) groups excluding carboxylic acids is 2. The number of halogens is 2. The topological polar surface area (TPSA) is 76.7 Å². The van der Waals surface area contributed by atoms with Crippen molar-refractivity contribution in [1.82, 2.24) is 10.6 Å². The number of methoxy groups -OCH3 is 1. The molecule has 27 heavy (non-hydrogen) atoms. The average Bonchev–Trinajstić information content (AvgIpc) is 2.59. The molecule has 2 rings (SSSR count). The van der Waals surface area contributed by atoms with E-state index < -0.39 is 18.0 Å². The molecule has 8 heteroatoms. The molecular formula is C19H24Cl2N2O4. The molecule has 1 atom stereocenters. The quantitative estimate of drug-likeness (QED) is 0.638. The molecule has 0 saturated heterocycles. The molecule has 0 aromatic heterocycles. The third-order valence-corrected chi connectivity index (χ3v) is 4.54. The number of nitrogens with one attached hydrogen (secondary N) is 2. The molecule has 1 aromatic rings. The van der Waals surface area contributed by atoms with Crippen LogP contribution >= 0.6 is 23.2 Å². The van der Waals surface area contributed by atoms with Gasteiger partial charge in [0.2, 0.25) is 0 Å². The third kappa shape index (κ3) is 5.08. The van der Waals surface area contributed by atoms with Crippen molar-refractivity contribution < 1.29 is 19.1 Å². The number of carbonyl (C=O) groups is 2. The zero-order valence-electron chi connectivity index (χ0n) is 15.8. The molecule has 6 nitrogen and oxygen atoms in total. The van der Waals surface area contributed by atoms with Crippen LogP contribution in [0.1, 0.15) is 45.2 Å². The molecular weight excluding hydrogens is 391 g/mol. The largest absolute Gasteiger partial charge is 0.490 e. The van der Waals surface area contributed by atoms with Crippen molar-refractivity contribution >= 4 is 35.2 Å². The highest BCUT2D eigenvalue weighted by atomic mass is 35.5. The Hall–Kier alpha value is -1.92. The van der Waals surface area contributed by atoms with Crippen molar-refractivity contribution in [2.45, 2.75) is 39.7 Å². The maximum absolute atomic E-state index is 12.4. The lowest BCUT2D eigenvalue weighted by molar-refractivity contribution is -0.136. The Morgan fingerprint density at radius 1 is 1.26 bits per heavy atom. The first kappa shape index (κ1) is 21.4. The maximum Gasteiger partial charge on any atom is 0.337 e. The minimum atomic E-state index is -0.720. The van der Waals surface area contributed by atoms with Crippen LogP contribution in [0, 0.1) is 5.92 Å². The normalized spacial score (nSPS) is 16.9. The number of benzene rings is 1. The standard InChI is InChI=1S/C19H24Cl2N2O4/c1-5-6-14-15(18(24)26-4)16(23-19(25)22-14)11-7-12(20)17(13(21)8-11)27-9-10(2)3/h7-8,10,16H,5-6,9H2,1-4H3,(H2,22,23,25). The van der Waals surface area contributed by atoms with E-state index in [0.717, 1.165) is 6.42 Å². The van der Waals surface area contributed by atoms with Gasteiger partial charge < -0.3 is 20.1 Å². The van der Waals surface area contributed by atoms with E-state index in [-0.39, 0.29) is 0 Å². The van der Waals surface area contributed by atoms with Crippen LogP contribution in [0.15, 0.2) is 23.4 Å². The van der Waals surface area contributed by atoms with Crippen molar-refractivity contribution in [1.29, 1.82) is 0 Å². The van der Waals surface area contributed by atoms with E-state index in [1.165, 1.54) is 7.11 Å². The Labute approximate surface area is 169 Å². The van der Waals surface area contributed by atoms with E-state index >= 15 is 0 Å². The maximum atomic E-state index is 12.4. The third-order valence-electron chi connectivity index (χ3n) is 3.97. The zero-order chi connectivity index (χ0) is 20.1. The Bertz CT molecular complexity index is 739. The summed E-state index contributed by atoms with van der Waals surface area (Å²) in [4.78, 5) is 24.5. The van der Waals surface area contributed by atoms with Crippen molar-refractivity contribution in [3.8, 4) is 5.75 Å². The van der Waals surface area contributed by atoms with Crippen LogP contribution in [-0.2, 0) is 9.53 Å². The van der Waals surface area contributed by atoms with E-state index in [4.69, 9.17) is 32.7 Å². The van der Waals surface area contributed by atoms with Crippen molar-refractivity contribution in [3.05, 3.63) is 39.0 Å².